The van der Waals surface area contributed by atoms with Crippen LogP contribution in [0.5, 0.6) is 0 Å². The maximum absolute atomic E-state index is 11.1. The highest BCUT2D eigenvalue weighted by atomic mass is 15.0. The summed E-state index contributed by atoms with van der Waals surface area (Å²) in [7, 11) is 0. The summed E-state index contributed by atoms with van der Waals surface area (Å²) in [5, 5.41) is 15.6. The Morgan fingerprint density at radius 1 is 0.382 bits per heavy atom. The molecular weight excluding hydrogens is 827 g/mol. The summed E-state index contributed by atoms with van der Waals surface area (Å²) in [6.45, 7) is 8.64. The summed E-state index contributed by atoms with van der Waals surface area (Å²) in [5.74, 6) is 0.551. The molecule has 3 heterocycles. The molecule has 0 spiro atoms. The first kappa shape index (κ1) is 40.6. The quantitative estimate of drug-likeness (QED) is 0.160. The number of fused-ring (bicyclic) bond motifs is 6. The molecule has 12 aromatic rings. The van der Waals surface area contributed by atoms with E-state index in [2.05, 4.69) is 195 Å². The Balaban J connectivity index is 1.22. The Morgan fingerprint density at radius 2 is 0.809 bits per heavy atom. The van der Waals surface area contributed by atoms with Gasteiger partial charge in [0.2, 0.25) is 0 Å². The van der Waals surface area contributed by atoms with Crippen LogP contribution in [0.4, 0.5) is 0 Å². The van der Waals surface area contributed by atoms with Crippen LogP contribution in [0.3, 0.4) is 0 Å². The van der Waals surface area contributed by atoms with E-state index < -0.39 is 0 Å². The fourth-order valence-electron chi connectivity index (χ4n) is 10.4. The maximum atomic E-state index is 11.1. The summed E-state index contributed by atoms with van der Waals surface area (Å²) in [4.78, 5) is 11.1. The van der Waals surface area contributed by atoms with Crippen molar-refractivity contribution in [2.24, 2.45) is 0 Å². The fourth-order valence-corrected chi connectivity index (χ4v) is 10.4. The third-order valence-electron chi connectivity index (χ3n) is 13.5. The highest BCUT2D eigenvalue weighted by molar-refractivity contribution is 6.13. The Morgan fingerprint density at radius 3 is 1.25 bits per heavy atom. The van der Waals surface area contributed by atoms with Crippen LogP contribution in [0, 0.1) is 39.0 Å². The first-order valence-electron chi connectivity index (χ1n) is 23.1. The minimum Gasteiger partial charge on any atom is -0.308 e. The lowest BCUT2D eigenvalue weighted by molar-refractivity contribution is 1.10. The number of aryl methyl sites for hydroxylation is 4. The average Bonchev–Trinajstić information content (AvgIpc) is 3.88. The second-order valence-electron chi connectivity index (χ2n) is 18.0. The molecule has 0 aliphatic rings. The maximum Gasteiger partial charge on any atom is 0.164 e. The molecule has 0 saturated heterocycles. The summed E-state index contributed by atoms with van der Waals surface area (Å²) in [6.07, 6.45) is 0. The highest BCUT2D eigenvalue weighted by Gasteiger charge is 2.26. The smallest absolute Gasteiger partial charge is 0.164 e. The topological polar surface area (TPSA) is 59.4 Å². The van der Waals surface area contributed by atoms with Gasteiger partial charge in [-0.05, 0) is 116 Å². The number of nitriles is 1. The summed E-state index contributed by atoms with van der Waals surface area (Å²) < 4.78 is 4.64. The predicted octanol–water partition coefficient (Wildman–Crippen LogP) is 16.1. The molecule has 0 bridgehead atoms. The number of hydrogen-bond acceptors (Lipinski definition) is 3. The number of nitrogens with zero attached hydrogens (tertiary/aromatic N) is 5. The van der Waals surface area contributed by atoms with E-state index in [9.17, 15) is 5.26 Å². The second kappa shape index (κ2) is 16.2. The zero-order valence-electron chi connectivity index (χ0n) is 38.3. The van der Waals surface area contributed by atoms with E-state index in [4.69, 9.17) is 9.97 Å². The summed E-state index contributed by atoms with van der Waals surface area (Å²) in [6, 6.07) is 73.4. The van der Waals surface area contributed by atoms with E-state index >= 15 is 0 Å². The lowest BCUT2D eigenvalue weighted by Gasteiger charge is -2.21. The first-order chi connectivity index (χ1) is 33.3. The zero-order chi connectivity index (χ0) is 46.0. The van der Waals surface area contributed by atoms with Gasteiger partial charge in [-0.3, -0.25) is 0 Å². The number of hydrogen-bond donors (Lipinski definition) is 0. The van der Waals surface area contributed by atoms with Crippen molar-refractivity contribution >= 4 is 43.6 Å². The van der Waals surface area contributed by atoms with Crippen molar-refractivity contribution in [1.29, 1.82) is 5.26 Å². The molecule has 3 aromatic heterocycles. The number of para-hydroxylation sites is 2. The molecule has 9 aromatic carbocycles. The van der Waals surface area contributed by atoms with Crippen LogP contribution in [0.2, 0.25) is 0 Å². The molecule has 12 rings (SSSR count). The molecule has 0 fully saturated rings. The van der Waals surface area contributed by atoms with Crippen LogP contribution in [-0.2, 0) is 0 Å². The van der Waals surface area contributed by atoms with Gasteiger partial charge in [0.25, 0.3) is 0 Å². The molecule has 0 amide bonds. The van der Waals surface area contributed by atoms with Gasteiger partial charge < -0.3 is 9.13 Å². The van der Waals surface area contributed by atoms with Crippen molar-refractivity contribution < 1.29 is 0 Å². The van der Waals surface area contributed by atoms with E-state index in [1.807, 2.05) is 48.5 Å². The predicted molar refractivity (Wildman–Crippen MR) is 282 cm³/mol. The molecule has 0 radical (unpaired) electrons. The Bertz CT molecular complexity index is 3770. The van der Waals surface area contributed by atoms with Gasteiger partial charge in [0, 0.05) is 32.7 Å². The monoisotopic (exact) mass is 871 g/mol. The van der Waals surface area contributed by atoms with Gasteiger partial charge in [-0.25, -0.2) is 9.97 Å². The molecule has 5 heteroatoms. The Labute approximate surface area is 395 Å². The Hall–Kier alpha value is -8.85. The van der Waals surface area contributed by atoms with Gasteiger partial charge in [-0.1, -0.05) is 157 Å². The van der Waals surface area contributed by atoms with Crippen molar-refractivity contribution in [3.05, 3.63) is 228 Å². The standard InChI is InChI=1S/C63H45N5/c1-39-23-27-48(41(3)31-39)46-25-29-58-52(35-46)50-19-11-13-21-56(50)67(58)60-33-43(38-64)34-61(62(60)63-65-54(44-15-7-5-8-16-44)37-55(66-63)45-17-9-6-10-18-45)68-57-22-14-12-20-51(57)53-36-47(26-30-59(53)68)49-28-24-40(2)32-42(49)4/h5-37H,1-4H3. The number of benzene rings is 9. The van der Waals surface area contributed by atoms with Crippen LogP contribution < -0.4 is 0 Å². The van der Waals surface area contributed by atoms with Crippen molar-refractivity contribution in [3.63, 3.8) is 0 Å². The number of aromatic nitrogens is 4. The van der Waals surface area contributed by atoms with Crippen molar-refractivity contribution in [2.75, 3.05) is 0 Å². The van der Waals surface area contributed by atoms with E-state index in [-0.39, 0.29) is 0 Å². The van der Waals surface area contributed by atoms with E-state index in [1.54, 1.807) is 0 Å². The van der Waals surface area contributed by atoms with Crippen LogP contribution >= 0.6 is 0 Å². The summed E-state index contributed by atoms with van der Waals surface area (Å²) >= 11 is 0. The van der Waals surface area contributed by atoms with Gasteiger partial charge in [-0.2, -0.15) is 5.26 Å². The van der Waals surface area contributed by atoms with E-state index in [1.165, 1.54) is 33.4 Å². The molecule has 68 heavy (non-hydrogen) atoms. The van der Waals surface area contributed by atoms with Gasteiger partial charge in [-0.15, -0.1) is 0 Å². The van der Waals surface area contributed by atoms with Gasteiger partial charge >= 0.3 is 0 Å². The molecular formula is C63H45N5. The molecule has 0 aliphatic carbocycles. The molecule has 5 nitrogen and oxygen atoms in total. The number of rotatable bonds is 7. The van der Waals surface area contributed by atoms with Crippen LogP contribution in [0.25, 0.3) is 111 Å². The lowest BCUT2D eigenvalue weighted by atomic mass is 9.97. The molecule has 0 unspecified atom stereocenters. The van der Waals surface area contributed by atoms with E-state index in [0.717, 1.165) is 94.2 Å². The van der Waals surface area contributed by atoms with Crippen molar-refractivity contribution in [3.8, 4) is 73.6 Å². The fraction of sp³-hybridized carbons (Fsp3) is 0.0635. The van der Waals surface area contributed by atoms with Crippen LogP contribution in [-0.4, -0.2) is 19.1 Å². The van der Waals surface area contributed by atoms with Gasteiger partial charge in [0.15, 0.2) is 5.82 Å². The third-order valence-corrected chi connectivity index (χ3v) is 13.5. The minimum absolute atomic E-state index is 0.525. The van der Waals surface area contributed by atoms with Crippen molar-refractivity contribution in [1.82, 2.24) is 19.1 Å². The van der Waals surface area contributed by atoms with E-state index in [0.29, 0.717) is 11.4 Å². The largest absolute Gasteiger partial charge is 0.308 e. The molecule has 322 valence electrons. The average molecular weight is 872 g/mol. The molecule has 0 atom stereocenters. The van der Waals surface area contributed by atoms with Crippen LogP contribution in [0.15, 0.2) is 200 Å². The normalized spacial score (nSPS) is 11.5. The molecule has 0 saturated carbocycles. The zero-order valence-corrected chi connectivity index (χ0v) is 38.3. The molecule has 0 N–H and O–H groups in total. The third kappa shape index (κ3) is 6.77. The second-order valence-corrected chi connectivity index (χ2v) is 18.0. The van der Waals surface area contributed by atoms with Gasteiger partial charge in [0.1, 0.15) is 0 Å². The minimum atomic E-state index is 0.525. The van der Waals surface area contributed by atoms with Crippen LogP contribution in [0.1, 0.15) is 27.8 Å². The first-order valence-corrected chi connectivity index (χ1v) is 23.1. The lowest BCUT2D eigenvalue weighted by Crippen LogP contribution is -2.07. The summed E-state index contributed by atoms with van der Waals surface area (Å²) in [5.41, 5.74) is 20.3. The van der Waals surface area contributed by atoms with Crippen molar-refractivity contribution in [2.45, 2.75) is 27.7 Å². The SMILES string of the molecule is Cc1ccc(-c2ccc3c(c2)c2ccccc2n3-c2cc(C#N)cc(-n3c4ccccc4c4cc(-c5ccc(C)cc5C)ccc43)c2-c2nc(-c3ccccc3)cc(-c3ccccc3)n2)c(C)c1. The van der Waals surface area contributed by atoms with Gasteiger partial charge in [0.05, 0.1) is 62.0 Å². The Kier molecular flexibility index (Phi) is 9.71. The highest BCUT2D eigenvalue weighted by Crippen LogP contribution is 2.44. The molecule has 0 aliphatic heterocycles.